The first-order chi connectivity index (χ1) is 13.0. The zero-order chi connectivity index (χ0) is 19.4. The average molecular weight is 403 g/mol. The van der Waals surface area contributed by atoms with Gasteiger partial charge >= 0.3 is 6.03 Å². The molecule has 0 aliphatic carbocycles. The van der Waals surface area contributed by atoms with Crippen LogP contribution in [0.25, 0.3) is 16.4 Å². The molecule has 3 N–H and O–H groups in total. The van der Waals surface area contributed by atoms with Crippen molar-refractivity contribution in [2.24, 2.45) is 5.73 Å². The number of hydrogen-bond acceptors (Lipinski definition) is 7. The second-order valence-electron chi connectivity index (χ2n) is 5.40. The maximum absolute atomic E-state index is 12.1. The number of amides is 3. The third-order valence-electron chi connectivity index (χ3n) is 3.60. The van der Waals surface area contributed by atoms with Crippen molar-refractivity contribution in [3.05, 3.63) is 41.8 Å². The quantitative estimate of drug-likeness (QED) is 0.612. The number of imide groups is 1. The van der Waals surface area contributed by atoms with E-state index >= 15 is 0 Å². The highest BCUT2D eigenvalue weighted by molar-refractivity contribution is 8.00. The van der Waals surface area contributed by atoms with E-state index in [0.717, 1.165) is 10.6 Å². The van der Waals surface area contributed by atoms with Crippen molar-refractivity contribution in [2.45, 2.75) is 17.3 Å². The lowest BCUT2D eigenvalue weighted by atomic mass is 10.3. The van der Waals surface area contributed by atoms with E-state index in [1.807, 2.05) is 46.3 Å². The molecule has 0 saturated carbocycles. The van der Waals surface area contributed by atoms with E-state index in [9.17, 15) is 9.59 Å². The number of hydrogen-bond donors (Lipinski definition) is 2. The first-order valence-corrected chi connectivity index (χ1v) is 9.67. The number of ether oxygens (including phenoxy) is 1. The Bertz CT molecular complexity index is 955. The SMILES string of the molecule is COc1ccccc1-n1c(S[C@@H](C)C(=O)NC(N)=O)nnc1-c1cccs1. The third kappa shape index (κ3) is 4.12. The molecule has 0 aliphatic rings. The van der Waals surface area contributed by atoms with Crippen LogP contribution in [-0.4, -0.2) is 39.1 Å². The molecular weight excluding hydrogens is 386 g/mol. The van der Waals surface area contributed by atoms with Gasteiger partial charge in [-0.1, -0.05) is 30.0 Å². The van der Waals surface area contributed by atoms with Crippen molar-refractivity contribution in [3.63, 3.8) is 0 Å². The van der Waals surface area contributed by atoms with Crippen LogP contribution in [0.2, 0.25) is 0 Å². The van der Waals surface area contributed by atoms with Gasteiger partial charge in [-0.25, -0.2) is 4.79 Å². The first kappa shape index (κ1) is 18.9. The van der Waals surface area contributed by atoms with E-state index in [1.165, 1.54) is 23.1 Å². The number of urea groups is 1. The zero-order valence-electron chi connectivity index (χ0n) is 14.6. The van der Waals surface area contributed by atoms with Gasteiger partial charge in [-0.3, -0.25) is 14.7 Å². The Morgan fingerprint density at radius 3 is 2.70 bits per heavy atom. The molecule has 3 rings (SSSR count). The summed E-state index contributed by atoms with van der Waals surface area (Å²) < 4.78 is 7.32. The van der Waals surface area contributed by atoms with Gasteiger partial charge in [0.1, 0.15) is 5.75 Å². The molecule has 3 aromatic rings. The summed E-state index contributed by atoms with van der Waals surface area (Å²) >= 11 is 2.70. The van der Waals surface area contributed by atoms with E-state index in [-0.39, 0.29) is 0 Å². The van der Waals surface area contributed by atoms with Gasteiger partial charge in [0, 0.05) is 0 Å². The van der Waals surface area contributed by atoms with E-state index in [0.29, 0.717) is 16.7 Å². The van der Waals surface area contributed by atoms with Gasteiger partial charge in [-0.15, -0.1) is 21.5 Å². The van der Waals surface area contributed by atoms with Gasteiger partial charge in [-0.2, -0.15) is 0 Å². The summed E-state index contributed by atoms with van der Waals surface area (Å²) in [5.74, 6) is 0.783. The lowest BCUT2D eigenvalue weighted by molar-refractivity contribution is -0.119. The van der Waals surface area contributed by atoms with Crippen LogP contribution in [0.5, 0.6) is 5.75 Å². The van der Waals surface area contributed by atoms with E-state index in [2.05, 4.69) is 15.5 Å². The van der Waals surface area contributed by atoms with Crippen molar-refractivity contribution in [1.29, 1.82) is 0 Å². The van der Waals surface area contributed by atoms with Gasteiger partial charge < -0.3 is 10.5 Å². The van der Waals surface area contributed by atoms with Crippen LogP contribution >= 0.6 is 23.1 Å². The Balaban J connectivity index is 2.05. The van der Waals surface area contributed by atoms with Crippen LogP contribution in [0, 0.1) is 0 Å². The van der Waals surface area contributed by atoms with Gasteiger partial charge in [0.25, 0.3) is 0 Å². The predicted molar refractivity (Wildman–Crippen MR) is 104 cm³/mol. The minimum atomic E-state index is -0.891. The largest absolute Gasteiger partial charge is 0.495 e. The molecule has 0 bridgehead atoms. The Hall–Kier alpha value is -2.85. The number of carbonyl (C=O) groups excluding carboxylic acids is 2. The Morgan fingerprint density at radius 1 is 1.26 bits per heavy atom. The van der Waals surface area contributed by atoms with Gasteiger partial charge in [-0.05, 0) is 30.5 Å². The monoisotopic (exact) mass is 403 g/mol. The number of nitrogens with two attached hydrogens (primary N) is 1. The molecule has 140 valence electrons. The lowest BCUT2D eigenvalue weighted by Gasteiger charge is -2.15. The standard InChI is InChI=1S/C17H17N5O3S2/c1-10(15(23)19-16(18)24)27-17-21-20-14(13-8-5-9-26-13)22(17)11-6-3-4-7-12(11)25-2/h3-10H,1-2H3,(H3,18,19,23,24)/t10-/m0/s1. The van der Waals surface area contributed by atoms with Gasteiger partial charge in [0.2, 0.25) is 5.91 Å². The number of thiophene rings is 1. The minimum Gasteiger partial charge on any atom is -0.495 e. The summed E-state index contributed by atoms with van der Waals surface area (Å²) in [7, 11) is 1.59. The van der Waals surface area contributed by atoms with Crippen molar-refractivity contribution in [2.75, 3.05) is 7.11 Å². The van der Waals surface area contributed by atoms with E-state index in [1.54, 1.807) is 14.0 Å². The summed E-state index contributed by atoms with van der Waals surface area (Å²) in [5, 5.41) is 12.5. The number of aromatic nitrogens is 3. The number of methoxy groups -OCH3 is 1. The second-order valence-corrected chi connectivity index (χ2v) is 7.66. The highest BCUT2D eigenvalue weighted by Crippen LogP contribution is 2.35. The number of thioether (sulfide) groups is 1. The maximum Gasteiger partial charge on any atom is 0.318 e. The Labute approximate surface area is 163 Å². The highest BCUT2D eigenvalue weighted by atomic mass is 32.2. The fraction of sp³-hybridized carbons (Fsp3) is 0.176. The molecule has 2 heterocycles. The summed E-state index contributed by atoms with van der Waals surface area (Å²) in [6.07, 6.45) is 0. The normalized spacial score (nSPS) is 11.8. The Kier molecular flexibility index (Phi) is 5.77. The number of nitrogens with one attached hydrogen (secondary N) is 1. The first-order valence-electron chi connectivity index (χ1n) is 7.91. The number of rotatable bonds is 6. The van der Waals surface area contributed by atoms with Crippen LogP contribution < -0.4 is 15.8 Å². The third-order valence-corrected chi connectivity index (χ3v) is 5.51. The smallest absolute Gasteiger partial charge is 0.318 e. The molecule has 1 atom stereocenters. The molecule has 0 radical (unpaired) electrons. The van der Waals surface area contributed by atoms with Crippen LogP contribution in [0.1, 0.15) is 6.92 Å². The summed E-state index contributed by atoms with van der Waals surface area (Å²) in [4.78, 5) is 23.9. The summed E-state index contributed by atoms with van der Waals surface area (Å²) in [5.41, 5.74) is 5.77. The number of carbonyl (C=O) groups is 2. The molecule has 0 saturated heterocycles. The molecule has 1 aromatic carbocycles. The molecule has 0 spiro atoms. The molecule has 0 unspecified atom stereocenters. The molecule has 10 heteroatoms. The Morgan fingerprint density at radius 2 is 2.04 bits per heavy atom. The zero-order valence-corrected chi connectivity index (χ0v) is 16.2. The van der Waals surface area contributed by atoms with Crippen LogP contribution in [0.4, 0.5) is 4.79 Å². The van der Waals surface area contributed by atoms with Crippen molar-refractivity contribution >= 4 is 35.0 Å². The predicted octanol–water partition coefficient (Wildman–Crippen LogP) is 2.68. The number of nitrogens with zero attached hydrogens (tertiary/aromatic N) is 3. The van der Waals surface area contributed by atoms with E-state index < -0.39 is 17.2 Å². The van der Waals surface area contributed by atoms with Crippen LogP contribution in [0.15, 0.2) is 46.9 Å². The maximum atomic E-state index is 12.1. The van der Waals surface area contributed by atoms with Crippen LogP contribution in [-0.2, 0) is 4.79 Å². The number of primary amides is 1. The molecule has 3 amide bonds. The molecule has 27 heavy (non-hydrogen) atoms. The van der Waals surface area contributed by atoms with Gasteiger partial charge in [0.15, 0.2) is 11.0 Å². The molecule has 0 fully saturated rings. The minimum absolute atomic E-state index is 0.495. The van der Waals surface area contributed by atoms with Crippen molar-refractivity contribution in [1.82, 2.24) is 20.1 Å². The van der Waals surface area contributed by atoms with Gasteiger partial charge in [0.05, 0.1) is 22.9 Å². The topological polar surface area (TPSA) is 112 Å². The van der Waals surface area contributed by atoms with Crippen molar-refractivity contribution < 1.29 is 14.3 Å². The van der Waals surface area contributed by atoms with Crippen molar-refractivity contribution in [3.8, 4) is 22.1 Å². The molecular formula is C17H17N5O3S2. The van der Waals surface area contributed by atoms with E-state index in [4.69, 9.17) is 10.5 Å². The highest BCUT2D eigenvalue weighted by Gasteiger charge is 2.24. The summed E-state index contributed by atoms with van der Waals surface area (Å²) in [6.45, 7) is 1.66. The molecule has 2 aromatic heterocycles. The average Bonchev–Trinajstić information content (AvgIpc) is 3.30. The molecule has 0 aliphatic heterocycles. The summed E-state index contributed by atoms with van der Waals surface area (Å²) in [6, 6.07) is 10.5. The number of para-hydroxylation sites is 2. The second kappa shape index (κ2) is 8.23. The molecule has 8 nitrogen and oxygen atoms in total. The number of benzene rings is 1. The van der Waals surface area contributed by atoms with Crippen LogP contribution in [0.3, 0.4) is 0 Å². The lowest BCUT2D eigenvalue weighted by Crippen LogP contribution is -2.39. The fourth-order valence-corrected chi connectivity index (χ4v) is 3.94. The fourth-order valence-electron chi connectivity index (χ4n) is 2.38.